The zero-order valence-corrected chi connectivity index (χ0v) is 17.6. The van der Waals surface area contributed by atoms with Crippen molar-refractivity contribution >= 4 is 33.3 Å². The molecule has 1 aromatic heterocycles. The average molecular weight is 438 g/mol. The number of anilines is 3. The minimum atomic E-state index is -3.76. The number of hydrogen-bond acceptors (Lipinski definition) is 6. The molecule has 1 saturated heterocycles. The van der Waals surface area contributed by atoms with Gasteiger partial charge in [-0.2, -0.15) is 0 Å². The summed E-state index contributed by atoms with van der Waals surface area (Å²) in [5.41, 5.74) is 0.760. The van der Waals surface area contributed by atoms with Gasteiger partial charge >= 0.3 is 0 Å². The van der Waals surface area contributed by atoms with Crippen LogP contribution in [-0.4, -0.2) is 37.4 Å². The molecule has 0 spiro atoms. The van der Waals surface area contributed by atoms with Crippen LogP contribution in [0.3, 0.4) is 0 Å². The van der Waals surface area contributed by atoms with Gasteiger partial charge in [0, 0.05) is 31.4 Å². The molecule has 2 N–H and O–H groups in total. The summed E-state index contributed by atoms with van der Waals surface area (Å²) in [6.45, 7) is 1.37. The topological polar surface area (TPSA) is 104 Å². The van der Waals surface area contributed by atoms with E-state index in [0.29, 0.717) is 43.3 Å². The first-order chi connectivity index (χ1) is 15.0. The lowest BCUT2D eigenvalue weighted by Crippen LogP contribution is -2.39. The number of aromatic nitrogens is 2. The Morgan fingerprint density at radius 2 is 1.48 bits per heavy atom. The molecule has 31 heavy (non-hydrogen) atoms. The molecule has 160 valence electrons. The fourth-order valence-corrected chi connectivity index (χ4v) is 4.62. The van der Waals surface area contributed by atoms with Crippen LogP contribution in [0.15, 0.2) is 78.0 Å². The minimum absolute atomic E-state index is 0.125. The Labute approximate surface area is 181 Å². The number of sulfonamides is 1. The number of nitrogens with one attached hydrogen (secondary N) is 2. The number of carbonyl (C=O) groups excluding carboxylic acids is 1. The van der Waals surface area contributed by atoms with E-state index in [1.54, 1.807) is 60.9 Å². The molecule has 0 unspecified atom stereocenters. The van der Waals surface area contributed by atoms with Crippen molar-refractivity contribution in [3.05, 3.63) is 73.1 Å². The maximum absolute atomic E-state index is 12.9. The van der Waals surface area contributed by atoms with Crippen molar-refractivity contribution in [3.63, 3.8) is 0 Å². The van der Waals surface area contributed by atoms with Crippen molar-refractivity contribution < 1.29 is 13.2 Å². The van der Waals surface area contributed by atoms with Gasteiger partial charge in [0.25, 0.3) is 10.0 Å². The van der Waals surface area contributed by atoms with Gasteiger partial charge in [-0.05, 0) is 43.2 Å². The van der Waals surface area contributed by atoms with Crippen LogP contribution < -0.4 is 14.9 Å². The van der Waals surface area contributed by atoms with Crippen LogP contribution in [0.4, 0.5) is 17.3 Å². The smallest absolute Gasteiger partial charge is 0.261 e. The van der Waals surface area contributed by atoms with Gasteiger partial charge in [-0.25, -0.2) is 18.4 Å². The molecule has 1 aliphatic rings. The second kappa shape index (κ2) is 9.13. The predicted octanol–water partition coefficient (Wildman–Crippen LogP) is 3.13. The molecule has 1 fully saturated rings. The SMILES string of the molecule is O=C(Nc1ccccc1NS(=O)(=O)c1ccccc1)C1CCN(c2ncccn2)CC1. The van der Waals surface area contributed by atoms with E-state index in [4.69, 9.17) is 0 Å². The molecular formula is C22H23N5O3S. The van der Waals surface area contributed by atoms with Crippen LogP contribution >= 0.6 is 0 Å². The third kappa shape index (κ3) is 5.00. The van der Waals surface area contributed by atoms with Crippen LogP contribution in [0.1, 0.15) is 12.8 Å². The molecule has 8 nitrogen and oxygen atoms in total. The highest BCUT2D eigenvalue weighted by atomic mass is 32.2. The van der Waals surface area contributed by atoms with Crippen molar-refractivity contribution in [2.24, 2.45) is 5.92 Å². The highest BCUT2D eigenvalue weighted by molar-refractivity contribution is 7.92. The number of nitrogens with zero attached hydrogens (tertiary/aromatic N) is 3. The summed E-state index contributed by atoms with van der Waals surface area (Å²) >= 11 is 0. The molecule has 9 heteroatoms. The van der Waals surface area contributed by atoms with Gasteiger partial charge in [0.1, 0.15) is 0 Å². The molecule has 0 saturated carbocycles. The third-order valence-corrected chi connectivity index (χ3v) is 6.56. The first-order valence-electron chi connectivity index (χ1n) is 10.0. The van der Waals surface area contributed by atoms with Gasteiger partial charge in [0.2, 0.25) is 11.9 Å². The summed E-state index contributed by atoms with van der Waals surface area (Å²) in [4.78, 5) is 23.6. The normalized spacial score (nSPS) is 14.8. The predicted molar refractivity (Wildman–Crippen MR) is 119 cm³/mol. The number of piperidine rings is 1. The molecule has 2 heterocycles. The lowest BCUT2D eigenvalue weighted by Gasteiger charge is -2.31. The van der Waals surface area contributed by atoms with Gasteiger partial charge in [0.15, 0.2) is 0 Å². The molecule has 0 radical (unpaired) electrons. The van der Waals surface area contributed by atoms with Crippen molar-refractivity contribution in [2.75, 3.05) is 28.0 Å². The van der Waals surface area contributed by atoms with E-state index in [0.717, 1.165) is 0 Å². The average Bonchev–Trinajstić information content (AvgIpc) is 2.81. The summed E-state index contributed by atoms with van der Waals surface area (Å²) in [5, 5.41) is 2.89. The van der Waals surface area contributed by atoms with E-state index in [1.165, 1.54) is 12.1 Å². The van der Waals surface area contributed by atoms with Gasteiger partial charge in [-0.1, -0.05) is 30.3 Å². The van der Waals surface area contributed by atoms with E-state index >= 15 is 0 Å². The minimum Gasteiger partial charge on any atom is -0.341 e. The van der Waals surface area contributed by atoms with Crippen LogP contribution in [0.25, 0.3) is 0 Å². The number of carbonyl (C=O) groups is 1. The monoisotopic (exact) mass is 437 g/mol. The molecule has 1 aliphatic heterocycles. The van der Waals surface area contributed by atoms with E-state index in [2.05, 4.69) is 24.9 Å². The molecule has 2 aromatic carbocycles. The lowest BCUT2D eigenvalue weighted by molar-refractivity contribution is -0.120. The third-order valence-electron chi connectivity index (χ3n) is 5.18. The molecule has 0 aliphatic carbocycles. The van der Waals surface area contributed by atoms with E-state index in [-0.39, 0.29) is 16.7 Å². The van der Waals surface area contributed by atoms with Gasteiger partial charge in [-0.3, -0.25) is 9.52 Å². The fourth-order valence-electron chi connectivity index (χ4n) is 3.52. The lowest BCUT2D eigenvalue weighted by atomic mass is 9.96. The van der Waals surface area contributed by atoms with Gasteiger partial charge in [-0.15, -0.1) is 0 Å². The summed E-state index contributed by atoms with van der Waals surface area (Å²) in [6.07, 6.45) is 4.74. The maximum atomic E-state index is 12.9. The van der Waals surface area contributed by atoms with Crippen molar-refractivity contribution in [3.8, 4) is 0 Å². The standard InChI is InChI=1S/C22H23N5O3S/c28-21(17-11-15-27(16-12-17)22-23-13-6-14-24-22)25-19-9-4-5-10-20(19)26-31(29,30)18-7-2-1-3-8-18/h1-10,13-14,17,26H,11-12,15-16H2,(H,25,28). The molecule has 4 rings (SSSR count). The Morgan fingerprint density at radius 3 is 2.16 bits per heavy atom. The highest BCUT2D eigenvalue weighted by Gasteiger charge is 2.27. The first kappa shape index (κ1) is 20.8. The van der Waals surface area contributed by atoms with Crippen LogP contribution in [0.5, 0.6) is 0 Å². The Hall–Kier alpha value is -3.46. The Bertz CT molecular complexity index is 1130. The van der Waals surface area contributed by atoms with Gasteiger partial charge < -0.3 is 10.2 Å². The largest absolute Gasteiger partial charge is 0.341 e. The second-order valence-electron chi connectivity index (χ2n) is 7.26. The van der Waals surface area contributed by atoms with Crippen LogP contribution in [-0.2, 0) is 14.8 Å². The highest BCUT2D eigenvalue weighted by Crippen LogP contribution is 2.27. The zero-order chi connectivity index (χ0) is 21.7. The summed E-state index contributed by atoms with van der Waals surface area (Å²) in [6, 6.07) is 16.7. The summed E-state index contributed by atoms with van der Waals surface area (Å²) in [5.74, 6) is 0.376. The van der Waals surface area contributed by atoms with Crippen LogP contribution in [0.2, 0.25) is 0 Å². The molecule has 0 atom stereocenters. The Kier molecular flexibility index (Phi) is 6.13. The van der Waals surface area contributed by atoms with Crippen molar-refractivity contribution in [2.45, 2.75) is 17.7 Å². The number of benzene rings is 2. The Balaban J connectivity index is 1.42. The van der Waals surface area contributed by atoms with E-state index in [1.807, 2.05) is 0 Å². The number of rotatable bonds is 6. The Morgan fingerprint density at radius 1 is 0.871 bits per heavy atom. The summed E-state index contributed by atoms with van der Waals surface area (Å²) in [7, 11) is -3.76. The maximum Gasteiger partial charge on any atom is 0.261 e. The number of para-hydroxylation sites is 2. The van der Waals surface area contributed by atoms with E-state index < -0.39 is 10.0 Å². The molecule has 1 amide bonds. The fraction of sp³-hybridized carbons (Fsp3) is 0.227. The summed E-state index contributed by atoms with van der Waals surface area (Å²) < 4.78 is 27.9. The quantitative estimate of drug-likeness (QED) is 0.614. The van der Waals surface area contributed by atoms with E-state index in [9.17, 15) is 13.2 Å². The molecule has 0 bridgehead atoms. The molecule has 3 aromatic rings. The zero-order valence-electron chi connectivity index (χ0n) is 16.8. The van der Waals surface area contributed by atoms with Crippen molar-refractivity contribution in [1.29, 1.82) is 0 Å². The second-order valence-corrected chi connectivity index (χ2v) is 8.95. The number of hydrogen-bond donors (Lipinski definition) is 2. The number of amides is 1. The molecular weight excluding hydrogens is 414 g/mol. The first-order valence-corrected chi connectivity index (χ1v) is 11.5. The van der Waals surface area contributed by atoms with Gasteiger partial charge in [0.05, 0.1) is 16.3 Å². The van der Waals surface area contributed by atoms with Crippen molar-refractivity contribution in [1.82, 2.24) is 9.97 Å². The van der Waals surface area contributed by atoms with Crippen LogP contribution in [0, 0.1) is 5.92 Å².